The van der Waals surface area contributed by atoms with E-state index in [4.69, 9.17) is 12.6 Å². The SMILES string of the molecule is Sc1ccccc1-n1c2ccccc2c2c(-n3c4ccccc4c4ccccc43)cccc21. The molecule has 0 bridgehead atoms. The standard InChI is InChI=1S/C30H20N2S/c33-29-19-8-7-16-26(29)32-25-15-6-3-12-22(25)30-27(17-9-18-28(30)32)31-23-13-4-1-10-20(23)21-11-2-5-14-24(21)31/h1-19,33H. The predicted octanol–water partition coefficient (Wildman–Crippen LogP) is 8.17. The summed E-state index contributed by atoms with van der Waals surface area (Å²) in [4.78, 5) is 0.961. The fraction of sp³-hybridized carbons (Fsp3) is 0. The molecular weight excluding hydrogens is 420 g/mol. The molecule has 0 atom stereocenters. The second-order valence-corrected chi connectivity index (χ2v) is 8.86. The van der Waals surface area contributed by atoms with Gasteiger partial charge in [0.05, 0.1) is 33.4 Å². The zero-order chi connectivity index (χ0) is 21.9. The number of hydrogen-bond donors (Lipinski definition) is 1. The van der Waals surface area contributed by atoms with Gasteiger partial charge in [-0.1, -0.05) is 72.8 Å². The number of aromatic nitrogens is 2. The Bertz CT molecular complexity index is 1780. The van der Waals surface area contributed by atoms with Crippen molar-refractivity contribution in [1.29, 1.82) is 0 Å². The number of para-hydroxylation sites is 4. The first-order chi connectivity index (χ1) is 16.3. The Kier molecular flexibility index (Phi) is 3.96. The molecule has 156 valence electrons. The minimum absolute atomic E-state index is 0.961. The van der Waals surface area contributed by atoms with E-state index in [0.29, 0.717) is 0 Å². The average molecular weight is 441 g/mol. The molecule has 3 heteroatoms. The highest BCUT2D eigenvalue weighted by Gasteiger charge is 2.19. The maximum absolute atomic E-state index is 4.79. The summed E-state index contributed by atoms with van der Waals surface area (Å²) >= 11 is 4.79. The van der Waals surface area contributed by atoms with Crippen molar-refractivity contribution < 1.29 is 0 Å². The highest BCUT2D eigenvalue weighted by molar-refractivity contribution is 7.80. The summed E-state index contributed by atoms with van der Waals surface area (Å²) in [7, 11) is 0. The lowest BCUT2D eigenvalue weighted by Gasteiger charge is -2.12. The van der Waals surface area contributed by atoms with Crippen LogP contribution in [0.4, 0.5) is 0 Å². The second-order valence-electron chi connectivity index (χ2n) is 8.38. The molecule has 0 spiro atoms. The Hall–Kier alpha value is -3.95. The van der Waals surface area contributed by atoms with Crippen molar-refractivity contribution in [2.75, 3.05) is 0 Å². The van der Waals surface area contributed by atoms with Gasteiger partial charge in [0, 0.05) is 26.4 Å². The molecule has 0 unspecified atom stereocenters. The molecule has 7 rings (SSSR count). The number of thiol groups is 1. The predicted molar refractivity (Wildman–Crippen MR) is 142 cm³/mol. The van der Waals surface area contributed by atoms with Gasteiger partial charge in [0.15, 0.2) is 0 Å². The van der Waals surface area contributed by atoms with Crippen molar-refractivity contribution in [2.45, 2.75) is 4.90 Å². The minimum Gasteiger partial charge on any atom is -0.309 e. The van der Waals surface area contributed by atoms with E-state index in [1.54, 1.807) is 0 Å². The molecule has 2 aromatic heterocycles. The summed E-state index contributed by atoms with van der Waals surface area (Å²) in [5.41, 5.74) is 7.08. The van der Waals surface area contributed by atoms with Crippen LogP contribution in [0.5, 0.6) is 0 Å². The summed E-state index contributed by atoms with van der Waals surface area (Å²) < 4.78 is 4.75. The lowest BCUT2D eigenvalue weighted by molar-refractivity contribution is 1.12. The highest BCUT2D eigenvalue weighted by atomic mass is 32.1. The molecule has 0 aliphatic carbocycles. The van der Waals surface area contributed by atoms with Crippen LogP contribution in [0.15, 0.2) is 120 Å². The van der Waals surface area contributed by atoms with Gasteiger partial charge >= 0.3 is 0 Å². The summed E-state index contributed by atoms with van der Waals surface area (Å²) in [6.07, 6.45) is 0. The number of fused-ring (bicyclic) bond motifs is 6. The Balaban J connectivity index is 1.70. The van der Waals surface area contributed by atoms with Crippen molar-refractivity contribution in [3.8, 4) is 11.4 Å². The van der Waals surface area contributed by atoms with Gasteiger partial charge in [-0.25, -0.2) is 0 Å². The van der Waals surface area contributed by atoms with Crippen molar-refractivity contribution >= 4 is 56.2 Å². The van der Waals surface area contributed by atoms with Crippen molar-refractivity contribution in [3.05, 3.63) is 115 Å². The van der Waals surface area contributed by atoms with Crippen molar-refractivity contribution in [3.63, 3.8) is 0 Å². The molecule has 0 aliphatic rings. The fourth-order valence-corrected chi connectivity index (χ4v) is 5.54. The largest absolute Gasteiger partial charge is 0.309 e. The van der Waals surface area contributed by atoms with Gasteiger partial charge in [-0.05, 0) is 42.5 Å². The molecule has 0 saturated carbocycles. The van der Waals surface area contributed by atoms with Crippen LogP contribution in [0.2, 0.25) is 0 Å². The normalized spacial score (nSPS) is 11.8. The van der Waals surface area contributed by atoms with Crippen LogP contribution in [-0.2, 0) is 0 Å². The molecule has 5 aromatic carbocycles. The van der Waals surface area contributed by atoms with Crippen molar-refractivity contribution in [2.24, 2.45) is 0 Å². The number of benzene rings is 5. The van der Waals surface area contributed by atoms with Gasteiger partial charge in [0.2, 0.25) is 0 Å². The summed E-state index contributed by atoms with van der Waals surface area (Å²) in [6.45, 7) is 0. The molecule has 0 N–H and O–H groups in total. The van der Waals surface area contributed by atoms with Gasteiger partial charge in [0.1, 0.15) is 0 Å². The molecule has 0 fully saturated rings. The van der Waals surface area contributed by atoms with Gasteiger partial charge < -0.3 is 9.13 Å². The van der Waals surface area contributed by atoms with E-state index in [-0.39, 0.29) is 0 Å². The third kappa shape index (κ3) is 2.57. The molecular formula is C30H20N2S. The molecule has 0 radical (unpaired) electrons. The topological polar surface area (TPSA) is 9.86 Å². The van der Waals surface area contributed by atoms with E-state index >= 15 is 0 Å². The Morgan fingerprint density at radius 1 is 0.394 bits per heavy atom. The summed E-state index contributed by atoms with van der Waals surface area (Å²) in [5.74, 6) is 0. The lowest BCUT2D eigenvalue weighted by Crippen LogP contribution is -1.97. The molecule has 2 heterocycles. The number of hydrogen-bond acceptors (Lipinski definition) is 1. The van der Waals surface area contributed by atoms with Crippen molar-refractivity contribution in [1.82, 2.24) is 9.13 Å². The van der Waals surface area contributed by atoms with Crippen LogP contribution in [0.1, 0.15) is 0 Å². The second kappa shape index (κ2) is 7.03. The van der Waals surface area contributed by atoms with E-state index in [2.05, 4.69) is 118 Å². The lowest BCUT2D eigenvalue weighted by atomic mass is 10.1. The molecule has 33 heavy (non-hydrogen) atoms. The van der Waals surface area contributed by atoms with Crippen LogP contribution < -0.4 is 0 Å². The van der Waals surface area contributed by atoms with E-state index in [0.717, 1.165) is 10.6 Å². The van der Waals surface area contributed by atoms with E-state index in [1.807, 2.05) is 6.07 Å². The van der Waals surface area contributed by atoms with Gasteiger partial charge in [-0.15, -0.1) is 12.6 Å². The van der Waals surface area contributed by atoms with Gasteiger partial charge in [-0.2, -0.15) is 0 Å². The third-order valence-electron chi connectivity index (χ3n) is 6.62. The number of nitrogens with zero attached hydrogens (tertiary/aromatic N) is 2. The van der Waals surface area contributed by atoms with Crippen LogP contribution in [0.25, 0.3) is 55.0 Å². The Morgan fingerprint density at radius 2 is 0.848 bits per heavy atom. The molecule has 0 aliphatic heterocycles. The molecule has 7 aromatic rings. The van der Waals surface area contributed by atoms with Crippen LogP contribution >= 0.6 is 12.6 Å². The molecule has 2 nitrogen and oxygen atoms in total. The first-order valence-electron chi connectivity index (χ1n) is 11.1. The van der Waals surface area contributed by atoms with E-state index in [9.17, 15) is 0 Å². The van der Waals surface area contributed by atoms with E-state index in [1.165, 1.54) is 49.3 Å². The van der Waals surface area contributed by atoms with Gasteiger partial charge in [0.25, 0.3) is 0 Å². The summed E-state index contributed by atoms with van der Waals surface area (Å²) in [5, 5.41) is 5.03. The first kappa shape index (κ1) is 18.6. The quantitative estimate of drug-likeness (QED) is 0.260. The zero-order valence-corrected chi connectivity index (χ0v) is 18.7. The van der Waals surface area contributed by atoms with Crippen LogP contribution in [-0.4, -0.2) is 9.13 Å². The smallest absolute Gasteiger partial charge is 0.0595 e. The third-order valence-corrected chi connectivity index (χ3v) is 7.00. The average Bonchev–Trinajstić information content (AvgIpc) is 3.38. The highest BCUT2D eigenvalue weighted by Crippen LogP contribution is 2.40. The van der Waals surface area contributed by atoms with E-state index < -0.39 is 0 Å². The summed E-state index contributed by atoms with van der Waals surface area (Å²) in [6, 6.07) is 40.9. The zero-order valence-electron chi connectivity index (χ0n) is 17.8. The molecule has 0 saturated heterocycles. The number of rotatable bonds is 2. The van der Waals surface area contributed by atoms with Gasteiger partial charge in [-0.3, -0.25) is 0 Å². The minimum atomic E-state index is 0.961. The first-order valence-corrected chi connectivity index (χ1v) is 11.6. The maximum Gasteiger partial charge on any atom is 0.0595 e. The van der Waals surface area contributed by atoms with Crippen LogP contribution in [0.3, 0.4) is 0 Å². The maximum atomic E-state index is 4.79. The Labute approximate surface area is 196 Å². The Morgan fingerprint density at radius 3 is 1.52 bits per heavy atom. The fourth-order valence-electron chi connectivity index (χ4n) is 5.28. The monoisotopic (exact) mass is 440 g/mol. The van der Waals surface area contributed by atoms with Crippen LogP contribution in [0, 0.1) is 0 Å². The molecule has 0 amide bonds.